The fourth-order valence-electron chi connectivity index (χ4n) is 4.86. The Labute approximate surface area is 176 Å². The Bertz CT molecular complexity index is 1040. The second-order valence-corrected chi connectivity index (χ2v) is 9.00. The maximum Gasteiger partial charge on any atom is 0.404 e. The van der Waals surface area contributed by atoms with Crippen molar-refractivity contribution >= 4 is 34.1 Å². The summed E-state index contributed by atoms with van der Waals surface area (Å²) in [5.74, 6) is -1.28. The van der Waals surface area contributed by atoms with Gasteiger partial charge in [0.15, 0.2) is 10.9 Å². The molecule has 1 amide bonds. The molecule has 0 aromatic carbocycles. The van der Waals surface area contributed by atoms with E-state index >= 15 is 0 Å². The normalized spacial score (nSPS) is 31.4. The summed E-state index contributed by atoms with van der Waals surface area (Å²) in [4.78, 5) is 45.1. The third kappa shape index (κ3) is 2.49. The van der Waals surface area contributed by atoms with Gasteiger partial charge < -0.3 is 30.7 Å². The molecule has 0 radical (unpaired) electrons. The second-order valence-electron chi connectivity index (χ2n) is 7.80. The van der Waals surface area contributed by atoms with Crippen molar-refractivity contribution in [2.45, 2.75) is 31.7 Å². The topological polar surface area (TPSA) is 146 Å². The summed E-state index contributed by atoms with van der Waals surface area (Å²) in [5.41, 5.74) is 5.80. The summed E-state index contributed by atoms with van der Waals surface area (Å²) in [6.07, 6.45) is 0.361. The Morgan fingerprint density at radius 2 is 2.23 bits per heavy atom. The number of Topliss-reactive ketones (excluding diaryl/α,β-unsaturated/α-hetero) is 1. The number of carbonyl (C=O) groups is 3. The molecule has 11 heteroatoms. The molecule has 4 N–H and O–H groups in total. The molecule has 0 bridgehead atoms. The summed E-state index contributed by atoms with van der Waals surface area (Å²) in [7, 11) is 1.54. The average Bonchev–Trinajstić information content (AvgIpc) is 3.16. The number of anilines is 1. The van der Waals surface area contributed by atoms with Crippen LogP contribution in [-0.2, 0) is 19.1 Å². The largest absolute Gasteiger partial charge is 0.449 e. The van der Waals surface area contributed by atoms with Crippen LogP contribution in [0.25, 0.3) is 0 Å². The van der Waals surface area contributed by atoms with E-state index in [4.69, 9.17) is 15.2 Å². The molecule has 158 valence electrons. The molecule has 30 heavy (non-hydrogen) atoms. The van der Waals surface area contributed by atoms with Crippen LogP contribution in [0.4, 0.5) is 9.93 Å². The van der Waals surface area contributed by atoms with Gasteiger partial charge >= 0.3 is 6.09 Å². The van der Waals surface area contributed by atoms with Crippen LogP contribution in [0.15, 0.2) is 23.0 Å². The van der Waals surface area contributed by atoms with E-state index in [0.29, 0.717) is 17.4 Å². The highest BCUT2D eigenvalue weighted by molar-refractivity contribution is 7.15. The molecule has 3 aliphatic heterocycles. The smallest absolute Gasteiger partial charge is 0.404 e. The van der Waals surface area contributed by atoms with Crippen molar-refractivity contribution in [2.24, 2.45) is 11.7 Å². The van der Waals surface area contributed by atoms with Gasteiger partial charge in [0.05, 0.1) is 29.0 Å². The highest BCUT2D eigenvalue weighted by Gasteiger charge is 2.72. The van der Waals surface area contributed by atoms with E-state index < -0.39 is 17.7 Å². The first-order valence-electron chi connectivity index (χ1n) is 9.55. The first kappa shape index (κ1) is 19.2. The Kier molecular flexibility index (Phi) is 4.08. The van der Waals surface area contributed by atoms with Crippen LogP contribution in [0.1, 0.15) is 10.6 Å². The summed E-state index contributed by atoms with van der Waals surface area (Å²) in [6, 6.07) is 0.0820. The number of nitrogens with two attached hydrogens (primary N) is 1. The van der Waals surface area contributed by atoms with Gasteiger partial charge in [-0.15, -0.1) is 11.3 Å². The number of aromatic nitrogens is 1. The number of carbonyl (C=O) groups excluding carboxylic acids is 3. The van der Waals surface area contributed by atoms with E-state index in [-0.39, 0.29) is 41.5 Å². The van der Waals surface area contributed by atoms with Crippen LogP contribution in [0.3, 0.4) is 0 Å². The van der Waals surface area contributed by atoms with Crippen LogP contribution in [0.2, 0.25) is 0 Å². The third-order valence-electron chi connectivity index (χ3n) is 6.29. The minimum absolute atomic E-state index is 0.0733. The standard InChI is InChI=1S/C19H21N5O5S/c1-7-8(2)30-18(21-7)23-10-4-12(25)14-13(15(10)26)9(6-29-17(20)27)19(28-3)16-11(22-16)5-24(14)19/h4,9,11,16,22H,5-6H2,1-3H3,(H2,20,27)(H,21,23). The van der Waals surface area contributed by atoms with Gasteiger partial charge in [-0.1, -0.05) is 0 Å². The summed E-state index contributed by atoms with van der Waals surface area (Å²) in [5, 5.41) is 6.85. The number of ether oxygens (including phenoxy) is 2. The zero-order valence-corrected chi connectivity index (χ0v) is 17.5. The van der Waals surface area contributed by atoms with Gasteiger partial charge in [-0.3, -0.25) is 9.59 Å². The lowest BCUT2D eigenvalue weighted by Gasteiger charge is -2.39. The molecule has 2 saturated heterocycles. The molecular formula is C19H21N5O5S. The van der Waals surface area contributed by atoms with Crippen LogP contribution in [0, 0.1) is 19.8 Å². The number of primary amides is 1. The van der Waals surface area contributed by atoms with Gasteiger partial charge in [-0.25, -0.2) is 9.78 Å². The minimum Gasteiger partial charge on any atom is -0.449 e. The number of nitrogens with zero attached hydrogens (tertiary/aromatic N) is 2. The molecule has 2 fully saturated rings. The predicted molar refractivity (Wildman–Crippen MR) is 107 cm³/mol. The maximum absolute atomic E-state index is 13.5. The monoisotopic (exact) mass is 431 g/mol. The third-order valence-corrected chi connectivity index (χ3v) is 7.28. The van der Waals surface area contributed by atoms with E-state index in [1.807, 2.05) is 18.7 Å². The van der Waals surface area contributed by atoms with Crippen molar-refractivity contribution in [1.82, 2.24) is 15.2 Å². The zero-order valence-electron chi connectivity index (χ0n) is 16.6. The molecule has 1 aliphatic carbocycles. The Morgan fingerprint density at radius 1 is 1.47 bits per heavy atom. The van der Waals surface area contributed by atoms with Crippen LogP contribution in [0.5, 0.6) is 0 Å². The lowest BCUT2D eigenvalue weighted by Crippen LogP contribution is -2.55. The Hall–Kier alpha value is -2.76. The number of rotatable bonds is 5. The molecule has 4 aliphatic rings. The number of aryl methyl sites for hydroxylation is 2. The lowest BCUT2D eigenvalue weighted by atomic mass is 9.84. The number of hydrogen-bond acceptors (Lipinski definition) is 10. The van der Waals surface area contributed by atoms with E-state index in [1.54, 1.807) is 0 Å². The second kappa shape index (κ2) is 6.37. The molecular weight excluding hydrogens is 410 g/mol. The van der Waals surface area contributed by atoms with Crippen LogP contribution >= 0.6 is 11.3 Å². The molecule has 0 spiro atoms. The van der Waals surface area contributed by atoms with Crippen molar-refractivity contribution in [3.05, 3.63) is 33.6 Å². The number of nitrogens with one attached hydrogen (secondary N) is 2. The van der Waals surface area contributed by atoms with Crippen molar-refractivity contribution in [3.8, 4) is 0 Å². The first-order chi connectivity index (χ1) is 14.3. The minimum atomic E-state index is -0.978. The van der Waals surface area contributed by atoms with Gasteiger partial charge in [0.1, 0.15) is 6.61 Å². The first-order valence-corrected chi connectivity index (χ1v) is 10.4. The lowest BCUT2D eigenvalue weighted by molar-refractivity contribution is -0.136. The molecule has 4 atom stereocenters. The molecule has 1 aromatic heterocycles. The number of fused-ring (bicyclic) bond motifs is 4. The average molecular weight is 431 g/mol. The van der Waals surface area contributed by atoms with E-state index in [1.165, 1.54) is 24.5 Å². The number of amides is 1. The summed E-state index contributed by atoms with van der Waals surface area (Å²) in [6.45, 7) is 4.19. The summed E-state index contributed by atoms with van der Waals surface area (Å²) < 4.78 is 11.0. The van der Waals surface area contributed by atoms with Gasteiger partial charge in [0.25, 0.3) is 0 Å². The number of allylic oxidation sites excluding steroid dienone is 2. The van der Waals surface area contributed by atoms with Crippen molar-refractivity contribution in [1.29, 1.82) is 0 Å². The molecule has 5 rings (SSSR count). The van der Waals surface area contributed by atoms with Gasteiger partial charge in [0.2, 0.25) is 11.6 Å². The van der Waals surface area contributed by atoms with E-state index in [0.717, 1.165) is 10.6 Å². The number of hydrogen-bond donors (Lipinski definition) is 3. The highest BCUT2D eigenvalue weighted by atomic mass is 32.1. The van der Waals surface area contributed by atoms with E-state index in [2.05, 4.69) is 15.6 Å². The molecule has 4 unspecified atom stereocenters. The van der Waals surface area contributed by atoms with Crippen molar-refractivity contribution < 1.29 is 23.9 Å². The molecule has 0 saturated carbocycles. The number of methoxy groups -OCH3 is 1. The summed E-state index contributed by atoms with van der Waals surface area (Å²) >= 11 is 1.41. The quantitative estimate of drug-likeness (QED) is 0.439. The molecule has 10 nitrogen and oxygen atoms in total. The number of thiazole rings is 1. The SMILES string of the molecule is COC12C(COC(N)=O)C3=C(C(=O)C=C(Nc4nc(C)c(C)s4)C3=O)N1CC1NC12. The fraction of sp³-hybridized carbons (Fsp3) is 0.474. The van der Waals surface area contributed by atoms with Gasteiger partial charge in [0, 0.05) is 36.2 Å². The zero-order chi connectivity index (χ0) is 21.4. The van der Waals surface area contributed by atoms with Crippen molar-refractivity contribution in [2.75, 3.05) is 25.6 Å². The van der Waals surface area contributed by atoms with E-state index in [9.17, 15) is 14.4 Å². The Balaban J connectivity index is 1.53. The Morgan fingerprint density at radius 3 is 2.87 bits per heavy atom. The van der Waals surface area contributed by atoms with Crippen LogP contribution < -0.4 is 16.4 Å². The predicted octanol–water partition coefficient (Wildman–Crippen LogP) is 0.185. The number of ketones is 2. The molecule has 1 aromatic rings. The number of piperazine rings is 1. The fourth-order valence-corrected chi connectivity index (χ4v) is 5.69. The van der Waals surface area contributed by atoms with Crippen molar-refractivity contribution in [3.63, 3.8) is 0 Å². The molecule has 4 heterocycles. The van der Waals surface area contributed by atoms with Crippen LogP contribution in [-0.4, -0.2) is 65.6 Å². The van der Waals surface area contributed by atoms with Gasteiger partial charge in [-0.05, 0) is 13.8 Å². The highest BCUT2D eigenvalue weighted by Crippen LogP contribution is 2.55. The maximum atomic E-state index is 13.5. The van der Waals surface area contributed by atoms with Gasteiger partial charge in [-0.2, -0.15) is 0 Å².